The van der Waals surface area contributed by atoms with Gasteiger partial charge in [0.2, 0.25) is 0 Å². The molecule has 8 nitrogen and oxygen atoms in total. The Morgan fingerprint density at radius 2 is 1.96 bits per heavy atom. The van der Waals surface area contributed by atoms with Crippen molar-refractivity contribution in [2.24, 2.45) is 0 Å². The second-order valence-electron chi connectivity index (χ2n) is 6.05. The number of rotatable bonds is 6. The van der Waals surface area contributed by atoms with Gasteiger partial charge in [0.1, 0.15) is 12.2 Å². The third kappa shape index (κ3) is 4.08. The van der Waals surface area contributed by atoms with Crippen LogP contribution >= 0.6 is 0 Å². The average molecular weight is 353 g/mol. The predicted octanol–water partition coefficient (Wildman–Crippen LogP) is 2.46. The van der Waals surface area contributed by atoms with E-state index in [0.717, 1.165) is 35.1 Å². The number of amides is 2. The molecule has 136 valence electrons. The summed E-state index contributed by atoms with van der Waals surface area (Å²) >= 11 is 0. The lowest BCUT2D eigenvalue weighted by Crippen LogP contribution is -2.30. The summed E-state index contributed by atoms with van der Waals surface area (Å²) in [7, 11) is 0. The zero-order valence-corrected chi connectivity index (χ0v) is 15.2. The van der Waals surface area contributed by atoms with Crippen LogP contribution in [0.2, 0.25) is 0 Å². The van der Waals surface area contributed by atoms with Gasteiger partial charge in [-0.05, 0) is 51.1 Å². The minimum atomic E-state index is -0.244. The summed E-state index contributed by atoms with van der Waals surface area (Å²) in [5.74, 6) is 0.863. The Bertz CT molecular complexity index is 879. The van der Waals surface area contributed by atoms with E-state index in [1.54, 1.807) is 6.33 Å². The van der Waals surface area contributed by atoms with Gasteiger partial charge in [0, 0.05) is 30.9 Å². The minimum absolute atomic E-state index is 0.244. The van der Waals surface area contributed by atoms with Crippen LogP contribution in [0.3, 0.4) is 0 Å². The van der Waals surface area contributed by atoms with Crippen molar-refractivity contribution in [1.82, 2.24) is 29.9 Å². The van der Waals surface area contributed by atoms with Crippen molar-refractivity contribution in [3.05, 3.63) is 53.9 Å². The Morgan fingerprint density at radius 3 is 2.62 bits per heavy atom. The maximum atomic E-state index is 12.0. The highest BCUT2D eigenvalue weighted by molar-refractivity contribution is 5.89. The van der Waals surface area contributed by atoms with Crippen LogP contribution in [-0.2, 0) is 13.0 Å². The highest BCUT2D eigenvalue weighted by atomic mass is 16.2. The van der Waals surface area contributed by atoms with E-state index >= 15 is 0 Å². The molecule has 2 aromatic heterocycles. The molecule has 0 bridgehead atoms. The molecular formula is C18H23N7O. The average Bonchev–Trinajstić information content (AvgIpc) is 3.21. The van der Waals surface area contributed by atoms with E-state index in [9.17, 15) is 4.79 Å². The molecule has 2 heterocycles. The first kappa shape index (κ1) is 17.7. The fraction of sp³-hybridized carbons (Fsp3) is 0.333. The number of carbonyl (C=O) groups is 1. The standard InChI is InChI=1S/C18H23N7O/c1-4-24-12-20-22-17(24)9-10-19-18(26)21-15-5-7-16(8-6-15)25-14(3)11-13(2)23-25/h5-8,11-12H,4,9-10H2,1-3H3,(H2,19,21,26). The summed E-state index contributed by atoms with van der Waals surface area (Å²) in [6.45, 7) is 7.32. The monoisotopic (exact) mass is 353 g/mol. The summed E-state index contributed by atoms with van der Waals surface area (Å²) in [5, 5.41) is 18.0. The fourth-order valence-corrected chi connectivity index (χ4v) is 2.78. The van der Waals surface area contributed by atoms with Gasteiger partial charge < -0.3 is 15.2 Å². The van der Waals surface area contributed by atoms with Crippen LogP contribution in [0.15, 0.2) is 36.7 Å². The van der Waals surface area contributed by atoms with Crippen LogP contribution in [0.5, 0.6) is 0 Å². The molecule has 0 spiro atoms. The molecular weight excluding hydrogens is 330 g/mol. The fourth-order valence-electron chi connectivity index (χ4n) is 2.78. The van der Waals surface area contributed by atoms with Crippen molar-refractivity contribution in [1.29, 1.82) is 0 Å². The van der Waals surface area contributed by atoms with E-state index in [-0.39, 0.29) is 6.03 Å². The second-order valence-corrected chi connectivity index (χ2v) is 6.05. The summed E-state index contributed by atoms with van der Waals surface area (Å²) in [5.41, 5.74) is 3.73. The van der Waals surface area contributed by atoms with E-state index in [0.29, 0.717) is 13.0 Å². The lowest BCUT2D eigenvalue weighted by atomic mass is 10.2. The van der Waals surface area contributed by atoms with Crippen molar-refractivity contribution >= 4 is 11.7 Å². The smallest absolute Gasteiger partial charge is 0.319 e. The quantitative estimate of drug-likeness (QED) is 0.712. The molecule has 0 saturated heterocycles. The van der Waals surface area contributed by atoms with Gasteiger partial charge in [-0.1, -0.05) is 0 Å². The van der Waals surface area contributed by atoms with Crippen molar-refractivity contribution < 1.29 is 4.79 Å². The largest absolute Gasteiger partial charge is 0.337 e. The molecule has 2 N–H and O–H groups in total. The van der Waals surface area contributed by atoms with Gasteiger partial charge in [0.05, 0.1) is 11.4 Å². The summed E-state index contributed by atoms with van der Waals surface area (Å²) in [4.78, 5) is 12.0. The van der Waals surface area contributed by atoms with Crippen LogP contribution in [0.25, 0.3) is 5.69 Å². The molecule has 8 heteroatoms. The van der Waals surface area contributed by atoms with Gasteiger partial charge >= 0.3 is 6.03 Å². The lowest BCUT2D eigenvalue weighted by molar-refractivity contribution is 0.252. The lowest BCUT2D eigenvalue weighted by Gasteiger charge is -2.09. The Kier molecular flexibility index (Phi) is 5.31. The van der Waals surface area contributed by atoms with E-state index in [4.69, 9.17) is 0 Å². The Hall–Kier alpha value is -3.16. The highest BCUT2D eigenvalue weighted by Gasteiger charge is 2.06. The first-order chi connectivity index (χ1) is 12.6. The molecule has 0 saturated carbocycles. The van der Waals surface area contributed by atoms with Crippen LogP contribution in [0.1, 0.15) is 24.1 Å². The molecule has 0 aliphatic carbocycles. The van der Waals surface area contributed by atoms with Gasteiger partial charge in [0.15, 0.2) is 0 Å². The van der Waals surface area contributed by atoms with Gasteiger partial charge in [0.25, 0.3) is 0 Å². The molecule has 26 heavy (non-hydrogen) atoms. The van der Waals surface area contributed by atoms with Crippen molar-refractivity contribution in [3.63, 3.8) is 0 Å². The Balaban J connectivity index is 1.52. The minimum Gasteiger partial charge on any atom is -0.337 e. The predicted molar refractivity (Wildman–Crippen MR) is 99.5 cm³/mol. The number of nitrogens with zero attached hydrogens (tertiary/aromatic N) is 5. The van der Waals surface area contributed by atoms with Gasteiger partial charge in [-0.25, -0.2) is 9.48 Å². The number of anilines is 1. The topological polar surface area (TPSA) is 89.7 Å². The maximum Gasteiger partial charge on any atom is 0.319 e. The van der Waals surface area contributed by atoms with Gasteiger partial charge in [-0.2, -0.15) is 5.10 Å². The first-order valence-electron chi connectivity index (χ1n) is 8.62. The van der Waals surface area contributed by atoms with E-state index in [1.807, 2.05) is 60.4 Å². The molecule has 2 amide bonds. The van der Waals surface area contributed by atoms with Crippen LogP contribution in [-0.4, -0.2) is 37.1 Å². The van der Waals surface area contributed by atoms with Crippen LogP contribution in [0.4, 0.5) is 10.5 Å². The van der Waals surface area contributed by atoms with E-state index in [1.165, 1.54) is 0 Å². The molecule has 0 radical (unpaired) electrons. The van der Waals surface area contributed by atoms with Crippen molar-refractivity contribution in [2.45, 2.75) is 33.7 Å². The zero-order chi connectivity index (χ0) is 18.5. The van der Waals surface area contributed by atoms with Crippen molar-refractivity contribution in [3.8, 4) is 5.69 Å². The number of carbonyl (C=O) groups excluding carboxylic acids is 1. The van der Waals surface area contributed by atoms with Crippen molar-refractivity contribution in [2.75, 3.05) is 11.9 Å². The molecule has 0 atom stereocenters. The number of aryl methyl sites for hydroxylation is 3. The van der Waals surface area contributed by atoms with E-state index < -0.39 is 0 Å². The molecule has 0 aliphatic rings. The third-order valence-electron chi connectivity index (χ3n) is 4.05. The molecule has 0 unspecified atom stereocenters. The molecule has 3 aromatic rings. The summed E-state index contributed by atoms with van der Waals surface area (Å²) < 4.78 is 3.83. The molecule has 1 aromatic carbocycles. The van der Waals surface area contributed by atoms with Crippen LogP contribution < -0.4 is 10.6 Å². The normalized spacial score (nSPS) is 10.7. The Morgan fingerprint density at radius 1 is 1.19 bits per heavy atom. The number of benzene rings is 1. The number of nitrogens with one attached hydrogen (secondary N) is 2. The molecule has 0 aliphatic heterocycles. The number of aromatic nitrogens is 5. The van der Waals surface area contributed by atoms with Crippen LogP contribution in [0, 0.1) is 13.8 Å². The second kappa shape index (κ2) is 7.81. The zero-order valence-electron chi connectivity index (χ0n) is 15.2. The third-order valence-corrected chi connectivity index (χ3v) is 4.05. The first-order valence-corrected chi connectivity index (χ1v) is 8.62. The Labute approximate surface area is 152 Å². The van der Waals surface area contributed by atoms with E-state index in [2.05, 4.69) is 25.9 Å². The maximum absolute atomic E-state index is 12.0. The molecule has 0 fully saturated rings. The number of hydrogen-bond acceptors (Lipinski definition) is 4. The number of urea groups is 1. The highest BCUT2D eigenvalue weighted by Crippen LogP contribution is 2.15. The van der Waals surface area contributed by atoms with Gasteiger partial charge in [-0.3, -0.25) is 0 Å². The summed E-state index contributed by atoms with van der Waals surface area (Å²) in [6.07, 6.45) is 2.33. The SMILES string of the molecule is CCn1cnnc1CCNC(=O)Nc1ccc(-n2nc(C)cc2C)cc1. The molecule has 3 rings (SSSR count). The van der Waals surface area contributed by atoms with Gasteiger partial charge in [-0.15, -0.1) is 10.2 Å². The summed E-state index contributed by atoms with van der Waals surface area (Å²) in [6, 6.07) is 9.36. The number of hydrogen-bond donors (Lipinski definition) is 2.